The number of fused-ring (bicyclic) bond motifs is 2. The number of nitrogens with one attached hydrogen (secondary N) is 1. The van der Waals surface area contributed by atoms with Crippen molar-refractivity contribution in [2.45, 2.75) is 6.92 Å². The van der Waals surface area contributed by atoms with Gasteiger partial charge in [0.25, 0.3) is 5.91 Å². The molecule has 0 aliphatic rings. The van der Waals surface area contributed by atoms with E-state index in [9.17, 15) is 4.79 Å². The molecular formula is C19H21N3O. The maximum Gasteiger partial charge on any atom is 0.253 e. The molecule has 0 atom stereocenters. The van der Waals surface area contributed by atoms with Crippen LogP contribution in [0.25, 0.3) is 21.8 Å². The van der Waals surface area contributed by atoms with Crippen LogP contribution in [0.4, 0.5) is 0 Å². The fourth-order valence-electron chi connectivity index (χ4n) is 2.67. The van der Waals surface area contributed by atoms with Crippen LogP contribution in [0.2, 0.25) is 0 Å². The molecule has 0 fully saturated rings. The van der Waals surface area contributed by atoms with Gasteiger partial charge in [-0.1, -0.05) is 24.3 Å². The van der Waals surface area contributed by atoms with E-state index in [2.05, 4.69) is 11.4 Å². The Hall–Kier alpha value is -2.46. The number of aryl methyl sites for hydroxylation is 1. The second-order valence-corrected chi connectivity index (χ2v) is 6.07. The predicted molar refractivity (Wildman–Crippen MR) is 94.9 cm³/mol. The monoisotopic (exact) mass is 307 g/mol. The highest BCUT2D eigenvalue weighted by Crippen LogP contribution is 2.25. The topological polar surface area (TPSA) is 45.2 Å². The van der Waals surface area contributed by atoms with Crippen LogP contribution in [-0.4, -0.2) is 43.0 Å². The minimum absolute atomic E-state index is 0.0698. The van der Waals surface area contributed by atoms with E-state index in [0.717, 1.165) is 33.9 Å². The van der Waals surface area contributed by atoms with Crippen molar-refractivity contribution < 1.29 is 4.79 Å². The molecule has 0 aliphatic carbocycles. The first-order valence-corrected chi connectivity index (χ1v) is 7.78. The molecule has 1 amide bonds. The summed E-state index contributed by atoms with van der Waals surface area (Å²) < 4.78 is 0. The van der Waals surface area contributed by atoms with Crippen molar-refractivity contribution in [2.75, 3.05) is 27.2 Å². The van der Waals surface area contributed by atoms with E-state index in [0.29, 0.717) is 12.1 Å². The van der Waals surface area contributed by atoms with E-state index in [-0.39, 0.29) is 5.91 Å². The number of nitrogens with zero attached hydrogens (tertiary/aromatic N) is 2. The lowest BCUT2D eigenvalue weighted by atomic mass is 10.0. The summed E-state index contributed by atoms with van der Waals surface area (Å²) in [6.45, 7) is 3.48. The van der Waals surface area contributed by atoms with Gasteiger partial charge in [0.15, 0.2) is 0 Å². The molecule has 4 nitrogen and oxygen atoms in total. The summed E-state index contributed by atoms with van der Waals surface area (Å²) in [6, 6.07) is 14.0. The molecule has 0 aliphatic heterocycles. The Bertz CT molecular complexity index is 871. The number of carbonyl (C=O) groups excluding carboxylic acids is 1. The molecule has 3 rings (SSSR count). The van der Waals surface area contributed by atoms with E-state index >= 15 is 0 Å². The van der Waals surface area contributed by atoms with Crippen LogP contribution in [0, 0.1) is 6.92 Å². The number of carbonyl (C=O) groups is 1. The van der Waals surface area contributed by atoms with Crippen molar-refractivity contribution in [2.24, 2.45) is 0 Å². The number of para-hydroxylation sites is 1. The Balaban J connectivity index is 2.05. The molecule has 23 heavy (non-hydrogen) atoms. The Morgan fingerprint density at radius 3 is 2.74 bits per heavy atom. The number of benzene rings is 2. The van der Waals surface area contributed by atoms with Crippen LogP contribution in [0.3, 0.4) is 0 Å². The summed E-state index contributed by atoms with van der Waals surface area (Å²) in [5.74, 6) is -0.0698. The van der Waals surface area contributed by atoms with Gasteiger partial charge in [-0.15, -0.1) is 0 Å². The number of amides is 1. The summed E-state index contributed by atoms with van der Waals surface area (Å²) in [5, 5.41) is 5.09. The van der Waals surface area contributed by atoms with Gasteiger partial charge in [0, 0.05) is 23.9 Å². The molecule has 2 aromatic carbocycles. The normalized spacial score (nSPS) is 11.3. The fraction of sp³-hybridized carbons (Fsp3) is 0.263. The van der Waals surface area contributed by atoms with Crippen LogP contribution in [0.5, 0.6) is 0 Å². The van der Waals surface area contributed by atoms with Gasteiger partial charge in [-0.3, -0.25) is 4.79 Å². The molecule has 0 radical (unpaired) electrons. The number of likely N-dealkylation sites (N-methyl/N-ethyl adjacent to an activating group) is 1. The average Bonchev–Trinajstić information content (AvgIpc) is 2.53. The largest absolute Gasteiger partial charge is 0.351 e. The van der Waals surface area contributed by atoms with Crippen molar-refractivity contribution in [1.82, 2.24) is 15.2 Å². The zero-order valence-corrected chi connectivity index (χ0v) is 13.8. The van der Waals surface area contributed by atoms with Crippen LogP contribution in [-0.2, 0) is 0 Å². The minimum Gasteiger partial charge on any atom is -0.351 e. The van der Waals surface area contributed by atoms with Crippen LogP contribution >= 0.6 is 0 Å². The standard InChI is InChI=1S/C19H21N3O/c1-13-8-9-15(19(23)20-10-11-22(2)3)18-16(13)12-14-6-4-5-7-17(14)21-18/h4-9,12H,10-11H2,1-3H3,(H,20,23). The van der Waals surface area contributed by atoms with Crippen molar-refractivity contribution in [1.29, 1.82) is 0 Å². The minimum atomic E-state index is -0.0698. The molecule has 0 bridgehead atoms. The third kappa shape index (κ3) is 3.17. The van der Waals surface area contributed by atoms with Crippen molar-refractivity contribution in [3.8, 4) is 0 Å². The van der Waals surface area contributed by atoms with E-state index in [1.807, 2.05) is 62.3 Å². The van der Waals surface area contributed by atoms with Crippen molar-refractivity contribution >= 4 is 27.7 Å². The third-order valence-corrected chi connectivity index (χ3v) is 3.99. The van der Waals surface area contributed by atoms with Gasteiger partial charge in [0.1, 0.15) is 0 Å². The lowest BCUT2D eigenvalue weighted by Gasteiger charge is -2.12. The molecular weight excluding hydrogens is 286 g/mol. The first-order valence-electron chi connectivity index (χ1n) is 7.78. The van der Waals surface area contributed by atoms with Crippen molar-refractivity contribution in [3.63, 3.8) is 0 Å². The summed E-state index contributed by atoms with van der Waals surface area (Å²) >= 11 is 0. The van der Waals surface area contributed by atoms with Gasteiger partial charge in [-0.25, -0.2) is 4.98 Å². The Kier molecular flexibility index (Phi) is 4.26. The summed E-state index contributed by atoms with van der Waals surface area (Å²) in [6.07, 6.45) is 0. The van der Waals surface area contributed by atoms with Crippen molar-refractivity contribution in [3.05, 3.63) is 53.6 Å². The smallest absolute Gasteiger partial charge is 0.253 e. The van der Waals surface area contributed by atoms with E-state index in [1.165, 1.54) is 0 Å². The lowest BCUT2D eigenvalue weighted by molar-refractivity contribution is 0.0952. The van der Waals surface area contributed by atoms with Crippen LogP contribution in [0.15, 0.2) is 42.5 Å². The van der Waals surface area contributed by atoms with Crippen LogP contribution < -0.4 is 5.32 Å². The van der Waals surface area contributed by atoms with Gasteiger partial charge in [-0.2, -0.15) is 0 Å². The Morgan fingerprint density at radius 1 is 1.17 bits per heavy atom. The summed E-state index contributed by atoms with van der Waals surface area (Å²) in [5.41, 5.74) is 3.44. The SMILES string of the molecule is Cc1ccc(C(=O)NCCN(C)C)c2nc3ccccc3cc12. The predicted octanol–water partition coefficient (Wildman–Crippen LogP) is 2.99. The van der Waals surface area contributed by atoms with Gasteiger partial charge in [0.2, 0.25) is 0 Å². The Morgan fingerprint density at radius 2 is 1.96 bits per heavy atom. The molecule has 3 aromatic rings. The molecule has 1 N–H and O–H groups in total. The van der Waals surface area contributed by atoms with E-state index < -0.39 is 0 Å². The van der Waals surface area contributed by atoms with Gasteiger partial charge >= 0.3 is 0 Å². The summed E-state index contributed by atoms with van der Waals surface area (Å²) in [4.78, 5) is 19.3. The highest BCUT2D eigenvalue weighted by molar-refractivity contribution is 6.08. The second-order valence-electron chi connectivity index (χ2n) is 6.07. The summed E-state index contributed by atoms with van der Waals surface area (Å²) in [7, 11) is 3.97. The molecule has 118 valence electrons. The number of rotatable bonds is 4. The average molecular weight is 307 g/mol. The zero-order valence-electron chi connectivity index (χ0n) is 13.8. The second kappa shape index (κ2) is 6.34. The molecule has 0 unspecified atom stereocenters. The lowest BCUT2D eigenvalue weighted by Crippen LogP contribution is -2.31. The third-order valence-electron chi connectivity index (χ3n) is 3.99. The van der Waals surface area contributed by atoms with E-state index in [1.54, 1.807) is 0 Å². The van der Waals surface area contributed by atoms with Gasteiger partial charge < -0.3 is 10.2 Å². The maximum absolute atomic E-state index is 12.5. The van der Waals surface area contributed by atoms with Crippen LogP contribution in [0.1, 0.15) is 15.9 Å². The Labute approximate surface area is 136 Å². The quantitative estimate of drug-likeness (QED) is 0.754. The number of aromatic nitrogens is 1. The fourth-order valence-corrected chi connectivity index (χ4v) is 2.67. The number of hydrogen-bond acceptors (Lipinski definition) is 3. The first kappa shape index (κ1) is 15.4. The molecule has 0 saturated carbocycles. The molecule has 1 aromatic heterocycles. The van der Waals surface area contributed by atoms with Gasteiger partial charge in [0.05, 0.1) is 16.6 Å². The molecule has 4 heteroatoms. The highest BCUT2D eigenvalue weighted by Gasteiger charge is 2.13. The zero-order chi connectivity index (χ0) is 16.4. The number of hydrogen-bond donors (Lipinski definition) is 1. The van der Waals surface area contributed by atoms with E-state index in [4.69, 9.17) is 4.98 Å². The first-order chi connectivity index (χ1) is 11.1. The number of pyridine rings is 1. The molecule has 0 spiro atoms. The van der Waals surface area contributed by atoms with Gasteiger partial charge in [-0.05, 0) is 44.8 Å². The highest BCUT2D eigenvalue weighted by atomic mass is 16.1. The molecule has 1 heterocycles. The maximum atomic E-state index is 12.5. The molecule has 0 saturated heterocycles.